The number of nitrogens with two attached hydrogens (primary N) is 1. The molecule has 2 unspecified atom stereocenters. The van der Waals surface area contributed by atoms with E-state index in [4.69, 9.17) is 5.73 Å². The standard InChI is InChI=1S/C16H24BrN3O/c1-12(13-4-2-6-15(17)10-13)20-9-3-5-14(11-20)16(21)19-8-7-18/h2,4,6,10,12,14H,3,5,7-9,11,18H2,1H3,(H,19,21). The molecule has 2 atom stereocenters. The first-order valence-electron chi connectivity index (χ1n) is 7.59. The Bertz CT molecular complexity index is 480. The average Bonchev–Trinajstić information content (AvgIpc) is 2.52. The van der Waals surface area contributed by atoms with Crippen molar-refractivity contribution in [2.24, 2.45) is 11.7 Å². The summed E-state index contributed by atoms with van der Waals surface area (Å²) in [6.07, 6.45) is 2.04. The summed E-state index contributed by atoms with van der Waals surface area (Å²) in [7, 11) is 0. The summed E-state index contributed by atoms with van der Waals surface area (Å²) in [5, 5.41) is 2.91. The number of hydrogen-bond acceptors (Lipinski definition) is 3. The SMILES string of the molecule is CC(c1cccc(Br)c1)N1CCCC(C(=O)NCCN)C1. The molecule has 116 valence electrons. The summed E-state index contributed by atoms with van der Waals surface area (Å²) in [5.74, 6) is 0.228. The van der Waals surface area contributed by atoms with Crippen LogP contribution in [0.4, 0.5) is 0 Å². The number of likely N-dealkylation sites (tertiary alicyclic amines) is 1. The van der Waals surface area contributed by atoms with Crippen molar-refractivity contribution in [2.45, 2.75) is 25.8 Å². The van der Waals surface area contributed by atoms with Crippen molar-refractivity contribution >= 4 is 21.8 Å². The van der Waals surface area contributed by atoms with Gasteiger partial charge in [0.15, 0.2) is 0 Å². The van der Waals surface area contributed by atoms with Gasteiger partial charge >= 0.3 is 0 Å². The third-order valence-corrected chi connectivity index (χ3v) is 4.64. The molecule has 2 rings (SSSR count). The number of carbonyl (C=O) groups excluding carboxylic acids is 1. The fraction of sp³-hybridized carbons (Fsp3) is 0.562. The maximum atomic E-state index is 12.1. The number of hydrogen-bond donors (Lipinski definition) is 2. The highest BCUT2D eigenvalue weighted by molar-refractivity contribution is 9.10. The third-order valence-electron chi connectivity index (χ3n) is 4.15. The third kappa shape index (κ3) is 4.53. The van der Waals surface area contributed by atoms with Crippen molar-refractivity contribution < 1.29 is 4.79 Å². The Kier molecular flexibility index (Phi) is 6.21. The van der Waals surface area contributed by atoms with Crippen LogP contribution in [0.5, 0.6) is 0 Å². The van der Waals surface area contributed by atoms with Crippen LogP contribution in [0.3, 0.4) is 0 Å². The maximum absolute atomic E-state index is 12.1. The van der Waals surface area contributed by atoms with E-state index >= 15 is 0 Å². The van der Waals surface area contributed by atoms with E-state index in [1.54, 1.807) is 0 Å². The van der Waals surface area contributed by atoms with Crippen molar-refractivity contribution in [2.75, 3.05) is 26.2 Å². The van der Waals surface area contributed by atoms with Crippen LogP contribution in [0.15, 0.2) is 28.7 Å². The average molecular weight is 354 g/mol. The number of piperidine rings is 1. The quantitative estimate of drug-likeness (QED) is 0.853. The number of halogens is 1. The van der Waals surface area contributed by atoms with E-state index in [-0.39, 0.29) is 11.8 Å². The van der Waals surface area contributed by atoms with Gasteiger partial charge in [0.05, 0.1) is 5.92 Å². The van der Waals surface area contributed by atoms with Crippen LogP contribution >= 0.6 is 15.9 Å². The predicted molar refractivity (Wildman–Crippen MR) is 88.9 cm³/mol. The first kappa shape index (κ1) is 16.5. The van der Waals surface area contributed by atoms with E-state index in [0.717, 1.165) is 30.4 Å². The number of nitrogens with one attached hydrogen (secondary N) is 1. The highest BCUT2D eigenvalue weighted by Gasteiger charge is 2.28. The van der Waals surface area contributed by atoms with Gasteiger partial charge in [0.1, 0.15) is 0 Å². The van der Waals surface area contributed by atoms with Crippen molar-refractivity contribution in [3.8, 4) is 0 Å². The molecule has 1 aliphatic rings. The van der Waals surface area contributed by atoms with E-state index in [0.29, 0.717) is 19.1 Å². The molecule has 1 saturated heterocycles. The first-order chi connectivity index (χ1) is 10.1. The van der Waals surface area contributed by atoms with Gasteiger partial charge in [0, 0.05) is 30.1 Å². The fourth-order valence-electron chi connectivity index (χ4n) is 2.89. The van der Waals surface area contributed by atoms with Crippen molar-refractivity contribution in [1.82, 2.24) is 10.2 Å². The zero-order valence-electron chi connectivity index (χ0n) is 12.5. The van der Waals surface area contributed by atoms with Gasteiger partial charge < -0.3 is 11.1 Å². The van der Waals surface area contributed by atoms with E-state index in [9.17, 15) is 4.79 Å². The Morgan fingerprint density at radius 3 is 3.10 bits per heavy atom. The summed E-state index contributed by atoms with van der Waals surface area (Å²) in [6.45, 7) is 5.15. The Labute approximate surface area is 135 Å². The van der Waals surface area contributed by atoms with Gasteiger partial charge in [0.2, 0.25) is 5.91 Å². The highest BCUT2D eigenvalue weighted by atomic mass is 79.9. The zero-order chi connectivity index (χ0) is 15.2. The van der Waals surface area contributed by atoms with E-state index < -0.39 is 0 Å². The van der Waals surface area contributed by atoms with Gasteiger partial charge in [-0.05, 0) is 44.0 Å². The molecule has 1 aromatic carbocycles. The lowest BCUT2D eigenvalue weighted by Gasteiger charge is -2.36. The van der Waals surface area contributed by atoms with Crippen molar-refractivity contribution in [1.29, 1.82) is 0 Å². The molecule has 0 bridgehead atoms. The largest absolute Gasteiger partial charge is 0.355 e. The lowest BCUT2D eigenvalue weighted by molar-refractivity contribution is -0.126. The number of nitrogens with zero attached hydrogens (tertiary/aromatic N) is 1. The molecule has 0 radical (unpaired) electrons. The lowest BCUT2D eigenvalue weighted by atomic mass is 9.94. The molecule has 0 aromatic heterocycles. The van der Waals surface area contributed by atoms with Crippen LogP contribution in [0.25, 0.3) is 0 Å². The van der Waals surface area contributed by atoms with Crippen LogP contribution in [-0.4, -0.2) is 37.0 Å². The molecule has 1 fully saturated rings. The molecule has 1 heterocycles. The van der Waals surface area contributed by atoms with Gasteiger partial charge in [-0.3, -0.25) is 9.69 Å². The summed E-state index contributed by atoms with van der Waals surface area (Å²) < 4.78 is 1.10. The number of amides is 1. The molecule has 0 saturated carbocycles. The summed E-state index contributed by atoms with van der Waals surface area (Å²) in [6, 6.07) is 8.73. The Hall–Kier alpha value is -0.910. The minimum Gasteiger partial charge on any atom is -0.355 e. The molecule has 4 nitrogen and oxygen atoms in total. The molecule has 1 aliphatic heterocycles. The first-order valence-corrected chi connectivity index (χ1v) is 8.38. The minimum absolute atomic E-state index is 0.0832. The van der Waals surface area contributed by atoms with Crippen LogP contribution in [0.2, 0.25) is 0 Å². The lowest BCUT2D eigenvalue weighted by Crippen LogP contribution is -2.44. The van der Waals surface area contributed by atoms with Crippen molar-refractivity contribution in [3.05, 3.63) is 34.3 Å². The molecule has 1 aromatic rings. The second kappa shape index (κ2) is 7.92. The monoisotopic (exact) mass is 353 g/mol. The van der Waals surface area contributed by atoms with Gasteiger partial charge in [-0.15, -0.1) is 0 Å². The Morgan fingerprint density at radius 2 is 2.38 bits per heavy atom. The fourth-order valence-corrected chi connectivity index (χ4v) is 3.31. The molecule has 0 spiro atoms. The van der Waals surface area contributed by atoms with Gasteiger partial charge in [-0.2, -0.15) is 0 Å². The van der Waals surface area contributed by atoms with Gasteiger partial charge in [-0.25, -0.2) is 0 Å². The normalized spacial score (nSPS) is 21.0. The highest BCUT2D eigenvalue weighted by Crippen LogP contribution is 2.28. The van der Waals surface area contributed by atoms with Gasteiger partial charge in [-0.1, -0.05) is 28.1 Å². The van der Waals surface area contributed by atoms with Crippen LogP contribution < -0.4 is 11.1 Å². The molecule has 1 amide bonds. The predicted octanol–water partition coefficient (Wildman–Crippen LogP) is 2.30. The zero-order valence-corrected chi connectivity index (χ0v) is 14.1. The number of rotatable bonds is 5. The van der Waals surface area contributed by atoms with E-state index in [1.807, 2.05) is 6.07 Å². The summed E-state index contributed by atoms with van der Waals surface area (Å²) in [5.41, 5.74) is 6.73. The van der Waals surface area contributed by atoms with Gasteiger partial charge in [0.25, 0.3) is 0 Å². The summed E-state index contributed by atoms with van der Waals surface area (Å²) in [4.78, 5) is 14.5. The molecule has 5 heteroatoms. The van der Waals surface area contributed by atoms with Crippen LogP contribution in [0.1, 0.15) is 31.4 Å². The number of benzene rings is 1. The van der Waals surface area contributed by atoms with E-state index in [2.05, 4.69) is 51.3 Å². The smallest absolute Gasteiger partial charge is 0.224 e. The number of carbonyl (C=O) groups is 1. The topological polar surface area (TPSA) is 58.4 Å². The molecule has 3 N–H and O–H groups in total. The minimum atomic E-state index is 0.0832. The molecular weight excluding hydrogens is 330 g/mol. The second-order valence-corrected chi connectivity index (χ2v) is 6.56. The summed E-state index contributed by atoms with van der Waals surface area (Å²) >= 11 is 3.52. The molecule has 0 aliphatic carbocycles. The Balaban J connectivity index is 1.98. The van der Waals surface area contributed by atoms with Crippen molar-refractivity contribution in [3.63, 3.8) is 0 Å². The molecular formula is C16H24BrN3O. The molecule has 21 heavy (non-hydrogen) atoms. The van der Waals surface area contributed by atoms with Crippen LogP contribution in [-0.2, 0) is 4.79 Å². The van der Waals surface area contributed by atoms with E-state index in [1.165, 1.54) is 5.56 Å². The maximum Gasteiger partial charge on any atom is 0.224 e. The second-order valence-electron chi connectivity index (χ2n) is 5.64. The Morgan fingerprint density at radius 1 is 1.57 bits per heavy atom. The van der Waals surface area contributed by atoms with Crippen LogP contribution in [0, 0.1) is 5.92 Å².